The zero-order valence-electron chi connectivity index (χ0n) is 14.6. The van der Waals surface area contributed by atoms with Crippen molar-refractivity contribution in [1.29, 1.82) is 0 Å². The summed E-state index contributed by atoms with van der Waals surface area (Å²) in [6, 6.07) is 22.8. The van der Waals surface area contributed by atoms with Crippen LogP contribution in [0.3, 0.4) is 0 Å². The van der Waals surface area contributed by atoms with E-state index in [9.17, 15) is 9.59 Å². The minimum absolute atomic E-state index is 0.320. The van der Waals surface area contributed by atoms with Crippen LogP contribution in [0.4, 0.5) is 17.1 Å². The summed E-state index contributed by atoms with van der Waals surface area (Å²) >= 11 is 0. The molecule has 0 radical (unpaired) electrons. The van der Waals surface area contributed by atoms with Crippen molar-refractivity contribution in [3.8, 4) is 0 Å². The molecular weight excluding hydrogens is 342 g/mol. The molecule has 134 valence electrons. The lowest BCUT2D eigenvalue weighted by atomic mass is 10.1. The second-order valence-electron chi connectivity index (χ2n) is 5.61. The molecule has 0 spiro atoms. The Labute approximate surface area is 156 Å². The van der Waals surface area contributed by atoms with Crippen molar-refractivity contribution in [2.24, 2.45) is 10.2 Å². The molecule has 0 atom stereocenters. The molecule has 0 aromatic heterocycles. The highest BCUT2D eigenvalue weighted by atomic mass is 16.5. The fourth-order valence-electron chi connectivity index (χ4n) is 2.33. The molecule has 0 aliphatic rings. The highest BCUT2D eigenvalue weighted by molar-refractivity contribution is 6.05. The first-order valence-corrected chi connectivity index (χ1v) is 8.22. The molecule has 0 heterocycles. The van der Waals surface area contributed by atoms with E-state index in [-0.39, 0.29) is 5.91 Å². The van der Waals surface area contributed by atoms with Gasteiger partial charge in [-0.05, 0) is 54.6 Å². The lowest BCUT2D eigenvalue weighted by Crippen LogP contribution is -2.13. The molecule has 3 aromatic carbocycles. The summed E-state index contributed by atoms with van der Waals surface area (Å²) in [5.74, 6) is -0.808. The highest BCUT2D eigenvalue weighted by Gasteiger charge is 2.10. The van der Waals surface area contributed by atoms with E-state index >= 15 is 0 Å². The Morgan fingerprint density at radius 1 is 0.778 bits per heavy atom. The van der Waals surface area contributed by atoms with E-state index in [2.05, 4.69) is 20.3 Å². The van der Waals surface area contributed by atoms with Gasteiger partial charge < -0.3 is 10.1 Å². The molecule has 0 aliphatic heterocycles. The molecule has 0 fully saturated rings. The van der Waals surface area contributed by atoms with E-state index < -0.39 is 5.97 Å². The number of hydrogen-bond donors (Lipinski definition) is 1. The van der Waals surface area contributed by atoms with Gasteiger partial charge >= 0.3 is 5.97 Å². The van der Waals surface area contributed by atoms with E-state index in [1.807, 2.05) is 30.3 Å². The fraction of sp³-hybridized carbons (Fsp3) is 0.0476. The summed E-state index contributed by atoms with van der Waals surface area (Å²) in [4.78, 5) is 23.9. The van der Waals surface area contributed by atoms with Crippen LogP contribution in [0.1, 0.15) is 20.7 Å². The molecule has 3 rings (SSSR count). The third-order valence-electron chi connectivity index (χ3n) is 3.71. The third kappa shape index (κ3) is 4.85. The third-order valence-corrected chi connectivity index (χ3v) is 3.71. The van der Waals surface area contributed by atoms with Crippen molar-refractivity contribution < 1.29 is 14.3 Å². The maximum Gasteiger partial charge on any atom is 0.337 e. The quantitative estimate of drug-likeness (QED) is 0.506. The maximum absolute atomic E-state index is 12.4. The first kappa shape index (κ1) is 18.0. The number of nitrogens with one attached hydrogen (secondary N) is 1. The van der Waals surface area contributed by atoms with Crippen LogP contribution in [-0.4, -0.2) is 19.0 Å². The van der Waals surface area contributed by atoms with E-state index in [4.69, 9.17) is 0 Å². The van der Waals surface area contributed by atoms with Crippen molar-refractivity contribution in [2.45, 2.75) is 0 Å². The Kier molecular flexibility index (Phi) is 5.69. The van der Waals surface area contributed by atoms with Crippen LogP contribution >= 0.6 is 0 Å². The van der Waals surface area contributed by atoms with Crippen molar-refractivity contribution in [2.75, 3.05) is 12.4 Å². The molecule has 3 aromatic rings. The molecule has 6 heteroatoms. The topological polar surface area (TPSA) is 80.1 Å². The number of benzene rings is 3. The van der Waals surface area contributed by atoms with Crippen molar-refractivity contribution >= 4 is 28.9 Å². The van der Waals surface area contributed by atoms with E-state index in [1.54, 1.807) is 42.5 Å². The number of rotatable bonds is 5. The van der Waals surface area contributed by atoms with Gasteiger partial charge in [-0.25, -0.2) is 4.79 Å². The zero-order chi connectivity index (χ0) is 19.1. The van der Waals surface area contributed by atoms with Gasteiger partial charge in [0.25, 0.3) is 5.91 Å². The van der Waals surface area contributed by atoms with Crippen LogP contribution in [0.5, 0.6) is 0 Å². The molecule has 0 saturated heterocycles. The van der Waals surface area contributed by atoms with Gasteiger partial charge in [-0.2, -0.15) is 10.2 Å². The second-order valence-corrected chi connectivity index (χ2v) is 5.61. The second kappa shape index (κ2) is 8.53. The smallest absolute Gasteiger partial charge is 0.337 e. The Hall–Kier alpha value is -3.80. The molecule has 1 amide bonds. The Morgan fingerprint density at radius 3 is 2.07 bits per heavy atom. The van der Waals surface area contributed by atoms with Gasteiger partial charge in [0.15, 0.2) is 0 Å². The molecule has 0 bridgehead atoms. The Balaban J connectivity index is 1.67. The van der Waals surface area contributed by atoms with E-state index in [0.29, 0.717) is 22.5 Å². The predicted molar refractivity (Wildman–Crippen MR) is 103 cm³/mol. The summed E-state index contributed by atoms with van der Waals surface area (Å²) in [7, 11) is 1.30. The molecule has 0 aliphatic carbocycles. The van der Waals surface area contributed by atoms with Crippen LogP contribution in [0.25, 0.3) is 0 Å². The van der Waals surface area contributed by atoms with Gasteiger partial charge in [0.2, 0.25) is 0 Å². The molecule has 0 unspecified atom stereocenters. The first-order valence-electron chi connectivity index (χ1n) is 8.22. The maximum atomic E-state index is 12.4. The highest BCUT2D eigenvalue weighted by Crippen LogP contribution is 2.20. The summed E-state index contributed by atoms with van der Waals surface area (Å²) in [5.41, 5.74) is 2.74. The van der Waals surface area contributed by atoms with Gasteiger partial charge in [0.05, 0.1) is 24.0 Å². The Morgan fingerprint density at radius 2 is 1.41 bits per heavy atom. The lowest BCUT2D eigenvalue weighted by molar-refractivity contribution is 0.0600. The monoisotopic (exact) mass is 359 g/mol. The van der Waals surface area contributed by atoms with Gasteiger partial charge in [-0.3, -0.25) is 4.79 Å². The fourth-order valence-corrected chi connectivity index (χ4v) is 2.33. The summed E-state index contributed by atoms with van der Waals surface area (Å²) < 4.78 is 4.67. The average molecular weight is 359 g/mol. The number of nitrogens with zero attached hydrogens (tertiary/aromatic N) is 2. The van der Waals surface area contributed by atoms with Crippen LogP contribution < -0.4 is 5.32 Å². The zero-order valence-corrected chi connectivity index (χ0v) is 14.6. The largest absolute Gasteiger partial charge is 0.465 e. The van der Waals surface area contributed by atoms with Crippen LogP contribution in [0.15, 0.2) is 89.1 Å². The molecular formula is C21H17N3O3. The van der Waals surface area contributed by atoms with Crippen molar-refractivity contribution in [3.63, 3.8) is 0 Å². The van der Waals surface area contributed by atoms with Gasteiger partial charge in [-0.15, -0.1) is 0 Å². The summed E-state index contributed by atoms with van der Waals surface area (Å²) in [6.45, 7) is 0. The standard InChI is InChI=1S/C21H17N3O3/c1-27-21(26)16-7-5-6-15(14-16)20(25)22-17-10-12-19(13-11-17)24-23-18-8-3-2-4-9-18/h2-14H,1H3,(H,22,25). The van der Waals surface area contributed by atoms with Crippen LogP contribution in [0.2, 0.25) is 0 Å². The predicted octanol–water partition coefficient (Wildman–Crippen LogP) is 5.14. The van der Waals surface area contributed by atoms with Gasteiger partial charge in [-0.1, -0.05) is 24.3 Å². The first-order chi connectivity index (χ1) is 13.2. The average Bonchev–Trinajstić information content (AvgIpc) is 2.73. The van der Waals surface area contributed by atoms with E-state index in [1.165, 1.54) is 13.2 Å². The molecule has 1 N–H and O–H groups in total. The number of ether oxygens (including phenoxy) is 1. The summed E-state index contributed by atoms with van der Waals surface area (Å²) in [5, 5.41) is 11.1. The van der Waals surface area contributed by atoms with Crippen molar-refractivity contribution in [3.05, 3.63) is 90.0 Å². The number of esters is 1. The van der Waals surface area contributed by atoms with Crippen molar-refractivity contribution in [1.82, 2.24) is 0 Å². The van der Waals surface area contributed by atoms with Crippen LogP contribution in [0, 0.1) is 0 Å². The number of anilines is 1. The minimum atomic E-state index is -0.488. The summed E-state index contributed by atoms with van der Waals surface area (Å²) in [6.07, 6.45) is 0. The van der Waals surface area contributed by atoms with Crippen LogP contribution in [-0.2, 0) is 4.74 Å². The number of methoxy groups -OCH3 is 1. The molecule has 6 nitrogen and oxygen atoms in total. The number of azo groups is 1. The number of carbonyl (C=O) groups excluding carboxylic acids is 2. The molecule has 27 heavy (non-hydrogen) atoms. The normalized spacial score (nSPS) is 10.6. The minimum Gasteiger partial charge on any atom is -0.465 e. The van der Waals surface area contributed by atoms with Gasteiger partial charge in [0.1, 0.15) is 0 Å². The van der Waals surface area contributed by atoms with Gasteiger partial charge in [0, 0.05) is 11.3 Å². The SMILES string of the molecule is COC(=O)c1cccc(C(=O)Nc2ccc(N=Nc3ccccc3)cc2)c1. The Bertz CT molecular complexity index is 967. The lowest BCUT2D eigenvalue weighted by Gasteiger charge is -2.06. The number of carbonyl (C=O) groups is 2. The molecule has 0 saturated carbocycles. The number of amides is 1. The van der Waals surface area contributed by atoms with E-state index in [0.717, 1.165) is 5.69 Å². The number of hydrogen-bond acceptors (Lipinski definition) is 5.